The minimum atomic E-state index is -0.902. The molecule has 0 atom stereocenters. The molecule has 5 rings (SSSR count). The quantitative estimate of drug-likeness (QED) is 0.341. The number of carbonyl (C=O) groups is 3. The van der Waals surface area contributed by atoms with E-state index in [1.54, 1.807) is 12.1 Å². The second kappa shape index (κ2) is 8.96. The molecule has 1 saturated heterocycles. The summed E-state index contributed by atoms with van der Waals surface area (Å²) in [6, 6.07) is 21.0. The van der Waals surface area contributed by atoms with E-state index in [1.807, 2.05) is 47.9 Å². The summed E-state index contributed by atoms with van der Waals surface area (Å²) in [5.74, 6) is -2.13. The van der Waals surface area contributed by atoms with Gasteiger partial charge >= 0.3 is 6.03 Å². The molecule has 0 bridgehead atoms. The molecule has 0 unspecified atom stereocenters. The first-order chi connectivity index (χ1) is 17.4. The van der Waals surface area contributed by atoms with Crippen molar-refractivity contribution in [2.75, 3.05) is 4.90 Å². The third kappa shape index (κ3) is 3.83. The molecule has 0 saturated carbocycles. The fourth-order valence-corrected chi connectivity index (χ4v) is 4.41. The lowest BCUT2D eigenvalue weighted by Crippen LogP contribution is -2.54. The molecule has 0 aliphatic carbocycles. The predicted octanol–water partition coefficient (Wildman–Crippen LogP) is 4.68. The smallest absolute Gasteiger partial charge is 0.335 e. The van der Waals surface area contributed by atoms with Gasteiger partial charge in [0.15, 0.2) is 0 Å². The Kier molecular flexibility index (Phi) is 5.66. The average molecular weight is 478 g/mol. The normalized spacial score (nSPS) is 14.9. The molecule has 176 valence electrons. The Balaban J connectivity index is 1.62. The van der Waals surface area contributed by atoms with E-state index in [4.69, 9.17) is 0 Å². The Morgan fingerprint density at radius 1 is 0.972 bits per heavy atom. The second-order valence-corrected chi connectivity index (χ2v) is 8.31. The first-order valence-corrected chi connectivity index (χ1v) is 11.1. The van der Waals surface area contributed by atoms with Gasteiger partial charge in [-0.05, 0) is 55.0 Å². The van der Waals surface area contributed by atoms with E-state index < -0.39 is 23.7 Å². The number of urea groups is 1. The number of halogens is 1. The summed E-state index contributed by atoms with van der Waals surface area (Å²) in [4.78, 5) is 39.3. The van der Waals surface area contributed by atoms with Gasteiger partial charge in [0.25, 0.3) is 11.8 Å². The molecule has 4 amide bonds. The van der Waals surface area contributed by atoms with Crippen LogP contribution < -0.4 is 10.2 Å². The monoisotopic (exact) mass is 478 g/mol. The number of para-hydroxylation sites is 1. The van der Waals surface area contributed by atoms with E-state index in [2.05, 4.69) is 11.4 Å². The topological polar surface area (TPSA) is 95.2 Å². The highest BCUT2D eigenvalue weighted by Crippen LogP contribution is 2.31. The number of hydrogen-bond acceptors (Lipinski definition) is 4. The van der Waals surface area contributed by atoms with Gasteiger partial charge in [0.1, 0.15) is 11.4 Å². The van der Waals surface area contributed by atoms with Crippen LogP contribution in [0.5, 0.6) is 0 Å². The van der Waals surface area contributed by atoms with Crippen molar-refractivity contribution in [3.63, 3.8) is 0 Å². The number of anilines is 1. The molecule has 2 heterocycles. The van der Waals surface area contributed by atoms with Crippen LogP contribution in [0.1, 0.15) is 22.4 Å². The Bertz CT molecular complexity index is 1630. The van der Waals surface area contributed by atoms with Gasteiger partial charge < -0.3 is 4.57 Å². The minimum Gasteiger partial charge on any atom is -0.340 e. The van der Waals surface area contributed by atoms with Gasteiger partial charge in [-0.2, -0.15) is 5.26 Å². The molecule has 0 spiro atoms. The van der Waals surface area contributed by atoms with Crippen LogP contribution in [0.3, 0.4) is 0 Å². The molecule has 4 aromatic rings. The van der Waals surface area contributed by atoms with Crippen molar-refractivity contribution in [1.29, 1.82) is 5.26 Å². The number of benzene rings is 3. The third-order valence-corrected chi connectivity index (χ3v) is 6.22. The van der Waals surface area contributed by atoms with Crippen molar-refractivity contribution >= 4 is 40.5 Å². The molecule has 7 nitrogen and oxygen atoms in total. The van der Waals surface area contributed by atoms with E-state index in [-0.39, 0.29) is 11.3 Å². The number of nitrogens with one attached hydrogen (secondary N) is 1. The molecule has 3 aromatic carbocycles. The summed E-state index contributed by atoms with van der Waals surface area (Å²) in [6.45, 7) is 2.29. The summed E-state index contributed by atoms with van der Waals surface area (Å²) in [5, 5.41) is 12.5. The van der Waals surface area contributed by atoms with E-state index in [0.29, 0.717) is 17.7 Å². The molecule has 1 aromatic heterocycles. The lowest BCUT2D eigenvalue weighted by atomic mass is 10.0. The molecule has 0 radical (unpaired) electrons. The predicted molar refractivity (Wildman–Crippen MR) is 132 cm³/mol. The Hall–Kier alpha value is -5.03. The number of barbiturate groups is 1. The van der Waals surface area contributed by atoms with Crippen LogP contribution in [0.2, 0.25) is 0 Å². The van der Waals surface area contributed by atoms with Gasteiger partial charge in [-0.1, -0.05) is 36.4 Å². The van der Waals surface area contributed by atoms with Gasteiger partial charge in [0, 0.05) is 28.7 Å². The SMILES string of the molecule is Cc1c(/C=C2\C(=O)NC(=O)N(c3ccc(F)cc3)C2=O)c2ccccc2n1Cc1ccccc1C#N. The highest BCUT2D eigenvalue weighted by Gasteiger charge is 2.37. The first kappa shape index (κ1) is 22.7. The number of nitrogens with zero attached hydrogens (tertiary/aromatic N) is 3. The number of carbonyl (C=O) groups excluding carboxylic acids is 3. The minimum absolute atomic E-state index is 0.143. The maximum atomic E-state index is 13.4. The van der Waals surface area contributed by atoms with Crippen LogP contribution in [0.4, 0.5) is 14.9 Å². The maximum absolute atomic E-state index is 13.4. The summed E-state index contributed by atoms with van der Waals surface area (Å²) in [7, 11) is 0. The Labute approximate surface area is 205 Å². The summed E-state index contributed by atoms with van der Waals surface area (Å²) >= 11 is 0. The van der Waals surface area contributed by atoms with Crippen LogP contribution in [0, 0.1) is 24.1 Å². The van der Waals surface area contributed by atoms with E-state index in [1.165, 1.54) is 18.2 Å². The van der Waals surface area contributed by atoms with Crippen molar-refractivity contribution in [3.8, 4) is 6.07 Å². The number of amides is 4. The van der Waals surface area contributed by atoms with Crippen LogP contribution in [0.25, 0.3) is 17.0 Å². The fourth-order valence-electron chi connectivity index (χ4n) is 4.41. The van der Waals surface area contributed by atoms with Gasteiger partial charge in [-0.25, -0.2) is 14.1 Å². The van der Waals surface area contributed by atoms with Crippen LogP contribution in [-0.2, 0) is 16.1 Å². The van der Waals surface area contributed by atoms with Crippen LogP contribution in [-0.4, -0.2) is 22.4 Å². The highest BCUT2D eigenvalue weighted by molar-refractivity contribution is 6.39. The summed E-state index contributed by atoms with van der Waals surface area (Å²) in [5.41, 5.74) is 3.61. The molecule has 1 N–H and O–H groups in total. The summed E-state index contributed by atoms with van der Waals surface area (Å²) < 4.78 is 15.4. The number of fused-ring (bicyclic) bond motifs is 1. The Morgan fingerprint density at radius 3 is 2.42 bits per heavy atom. The number of aromatic nitrogens is 1. The molecular weight excluding hydrogens is 459 g/mol. The van der Waals surface area contributed by atoms with E-state index in [9.17, 15) is 24.0 Å². The van der Waals surface area contributed by atoms with Crippen LogP contribution in [0.15, 0.2) is 78.4 Å². The molecule has 1 aliphatic heterocycles. The number of rotatable bonds is 4. The summed E-state index contributed by atoms with van der Waals surface area (Å²) in [6.07, 6.45) is 1.48. The van der Waals surface area contributed by atoms with Gasteiger partial charge in [0.05, 0.1) is 17.3 Å². The van der Waals surface area contributed by atoms with Crippen molar-refractivity contribution in [2.45, 2.75) is 13.5 Å². The van der Waals surface area contributed by atoms with Crippen molar-refractivity contribution in [2.24, 2.45) is 0 Å². The highest BCUT2D eigenvalue weighted by atomic mass is 19.1. The van der Waals surface area contributed by atoms with Crippen molar-refractivity contribution < 1.29 is 18.8 Å². The zero-order valence-electron chi connectivity index (χ0n) is 19.2. The number of imide groups is 2. The number of hydrogen-bond donors (Lipinski definition) is 1. The first-order valence-electron chi connectivity index (χ1n) is 11.1. The lowest BCUT2D eigenvalue weighted by Gasteiger charge is -2.26. The standard InChI is InChI=1S/C28H19FN4O3/c1-17-23(14-24-26(34)31-28(36)33(27(24)35)21-12-10-20(29)11-13-21)22-8-4-5-9-25(22)32(17)16-19-7-3-2-6-18(19)15-30/h2-14H,16H2,1H3,(H,31,34,36)/b24-14+. The lowest BCUT2D eigenvalue weighted by molar-refractivity contribution is -0.122. The molecular formula is C28H19FN4O3. The van der Waals surface area contributed by atoms with E-state index >= 15 is 0 Å². The zero-order valence-corrected chi connectivity index (χ0v) is 19.2. The van der Waals surface area contributed by atoms with E-state index in [0.717, 1.165) is 39.2 Å². The third-order valence-electron chi connectivity index (χ3n) is 6.22. The molecule has 1 aliphatic rings. The average Bonchev–Trinajstić information content (AvgIpc) is 3.13. The fraction of sp³-hybridized carbons (Fsp3) is 0.0714. The van der Waals surface area contributed by atoms with Gasteiger partial charge in [0.2, 0.25) is 0 Å². The van der Waals surface area contributed by atoms with Gasteiger partial charge in [-0.3, -0.25) is 14.9 Å². The van der Waals surface area contributed by atoms with Crippen molar-refractivity contribution in [3.05, 3.63) is 107 Å². The van der Waals surface area contributed by atoms with Crippen molar-refractivity contribution in [1.82, 2.24) is 9.88 Å². The number of nitriles is 1. The second-order valence-electron chi connectivity index (χ2n) is 8.31. The molecule has 36 heavy (non-hydrogen) atoms. The Morgan fingerprint density at radius 2 is 1.67 bits per heavy atom. The van der Waals surface area contributed by atoms with Gasteiger partial charge in [-0.15, -0.1) is 0 Å². The molecule has 8 heteroatoms. The maximum Gasteiger partial charge on any atom is 0.335 e. The van der Waals surface area contributed by atoms with Crippen LogP contribution >= 0.6 is 0 Å². The molecule has 1 fully saturated rings. The zero-order chi connectivity index (χ0) is 25.4. The largest absolute Gasteiger partial charge is 0.340 e.